The summed E-state index contributed by atoms with van der Waals surface area (Å²) in [5.74, 6) is -0.334. The van der Waals surface area contributed by atoms with Crippen LogP contribution in [0.5, 0.6) is 0 Å². The van der Waals surface area contributed by atoms with Crippen LogP contribution in [0, 0.1) is 5.92 Å². The summed E-state index contributed by atoms with van der Waals surface area (Å²) in [4.78, 5) is 12.2. The molecule has 0 radical (unpaired) electrons. The van der Waals surface area contributed by atoms with Crippen molar-refractivity contribution in [3.05, 3.63) is 0 Å². The van der Waals surface area contributed by atoms with Crippen LogP contribution < -0.4 is 5.32 Å². The lowest BCUT2D eigenvalue weighted by molar-refractivity contribution is -0.126. The third kappa shape index (κ3) is 4.15. The number of carbonyl (C=O) groups excluding carboxylic acids is 1. The minimum atomic E-state index is -3.44. The Hall–Kier alpha value is -0.700. The lowest BCUT2D eigenvalue weighted by Gasteiger charge is -2.32. The van der Waals surface area contributed by atoms with E-state index in [1.165, 1.54) is 22.7 Å². The van der Waals surface area contributed by atoms with Gasteiger partial charge in [-0.05, 0) is 25.7 Å². The van der Waals surface area contributed by atoms with E-state index >= 15 is 0 Å². The largest absolute Gasteiger partial charge is 0.376 e. The van der Waals surface area contributed by atoms with Crippen molar-refractivity contribution in [3.8, 4) is 0 Å². The van der Waals surface area contributed by atoms with Crippen molar-refractivity contribution in [3.63, 3.8) is 0 Å². The molecule has 0 spiro atoms. The number of ether oxygens (including phenoxy) is 1. The van der Waals surface area contributed by atoms with Crippen molar-refractivity contribution in [1.29, 1.82) is 0 Å². The average Bonchev–Trinajstić information content (AvgIpc) is 2.98. The Kier molecular flexibility index (Phi) is 5.59. The minimum Gasteiger partial charge on any atom is -0.376 e. The highest BCUT2D eigenvalue weighted by Crippen LogP contribution is 2.20. The van der Waals surface area contributed by atoms with Gasteiger partial charge >= 0.3 is 0 Å². The van der Waals surface area contributed by atoms with E-state index in [-0.39, 0.29) is 24.5 Å². The lowest BCUT2D eigenvalue weighted by Crippen LogP contribution is -2.49. The normalized spacial score (nSPS) is 28.0. The highest BCUT2D eigenvalue weighted by atomic mass is 32.2. The Balaban J connectivity index is 1.86. The third-order valence-corrected chi connectivity index (χ3v) is 5.98. The van der Waals surface area contributed by atoms with Crippen molar-refractivity contribution in [2.24, 2.45) is 5.92 Å². The van der Waals surface area contributed by atoms with Crippen molar-refractivity contribution in [2.75, 3.05) is 40.3 Å². The molecule has 7 nitrogen and oxygen atoms in total. The van der Waals surface area contributed by atoms with E-state index in [0.717, 1.165) is 25.9 Å². The number of rotatable bonds is 5. The smallest absolute Gasteiger partial charge is 0.281 e. The first-order valence-electron chi connectivity index (χ1n) is 7.48. The summed E-state index contributed by atoms with van der Waals surface area (Å²) >= 11 is 0. The highest BCUT2D eigenvalue weighted by molar-refractivity contribution is 7.86. The maximum absolute atomic E-state index is 12.2. The van der Waals surface area contributed by atoms with Gasteiger partial charge in [0, 0.05) is 40.3 Å². The number of hydrogen-bond donors (Lipinski definition) is 1. The predicted molar refractivity (Wildman–Crippen MR) is 78.9 cm³/mol. The van der Waals surface area contributed by atoms with Gasteiger partial charge in [-0.1, -0.05) is 0 Å². The Bertz CT molecular complexity index is 460. The van der Waals surface area contributed by atoms with Gasteiger partial charge in [-0.25, -0.2) is 0 Å². The van der Waals surface area contributed by atoms with Crippen molar-refractivity contribution < 1.29 is 17.9 Å². The Morgan fingerprint density at radius 3 is 2.71 bits per heavy atom. The fourth-order valence-electron chi connectivity index (χ4n) is 2.76. The van der Waals surface area contributed by atoms with Crippen LogP contribution in [-0.2, 0) is 19.7 Å². The van der Waals surface area contributed by atoms with Gasteiger partial charge in [0.2, 0.25) is 5.91 Å². The molecule has 1 N–H and O–H groups in total. The van der Waals surface area contributed by atoms with E-state index in [9.17, 15) is 13.2 Å². The summed E-state index contributed by atoms with van der Waals surface area (Å²) in [7, 11) is -0.414. The van der Waals surface area contributed by atoms with Crippen LogP contribution >= 0.6 is 0 Å². The third-order valence-electron chi connectivity index (χ3n) is 4.07. The maximum atomic E-state index is 12.2. The van der Waals surface area contributed by atoms with Gasteiger partial charge in [-0.15, -0.1) is 0 Å². The molecule has 0 aromatic carbocycles. The molecule has 0 saturated carbocycles. The predicted octanol–water partition coefficient (Wildman–Crippen LogP) is -0.200. The van der Waals surface area contributed by atoms with Gasteiger partial charge in [0.15, 0.2) is 0 Å². The Morgan fingerprint density at radius 1 is 1.33 bits per heavy atom. The molecule has 2 fully saturated rings. The van der Waals surface area contributed by atoms with Gasteiger partial charge in [0.05, 0.1) is 12.0 Å². The average molecular weight is 319 g/mol. The molecule has 2 rings (SSSR count). The van der Waals surface area contributed by atoms with Crippen molar-refractivity contribution in [1.82, 2.24) is 13.9 Å². The van der Waals surface area contributed by atoms with E-state index in [1.54, 1.807) is 0 Å². The van der Waals surface area contributed by atoms with Crippen molar-refractivity contribution >= 4 is 16.1 Å². The monoisotopic (exact) mass is 319 g/mol. The van der Waals surface area contributed by atoms with Gasteiger partial charge in [-0.3, -0.25) is 4.79 Å². The van der Waals surface area contributed by atoms with Gasteiger partial charge in [-0.2, -0.15) is 17.0 Å². The topological polar surface area (TPSA) is 79.0 Å². The zero-order valence-corrected chi connectivity index (χ0v) is 13.6. The van der Waals surface area contributed by atoms with E-state index in [0.29, 0.717) is 19.5 Å². The molecule has 1 amide bonds. The first-order chi connectivity index (χ1) is 9.91. The Labute approximate surface area is 126 Å². The molecular weight excluding hydrogens is 294 g/mol. The summed E-state index contributed by atoms with van der Waals surface area (Å²) in [6.45, 7) is 2.03. The molecule has 2 heterocycles. The van der Waals surface area contributed by atoms with Gasteiger partial charge < -0.3 is 10.1 Å². The highest BCUT2D eigenvalue weighted by Gasteiger charge is 2.33. The molecule has 8 heteroatoms. The van der Waals surface area contributed by atoms with Gasteiger partial charge in [0.1, 0.15) is 0 Å². The molecule has 0 aromatic rings. The number of amides is 1. The number of nitrogens with one attached hydrogen (secondary N) is 1. The second kappa shape index (κ2) is 7.04. The summed E-state index contributed by atoms with van der Waals surface area (Å²) in [5.41, 5.74) is 0. The van der Waals surface area contributed by atoms with E-state index < -0.39 is 10.2 Å². The zero-order chi connectivity index (χ0) is 15.5. The first-order valence-corrected chi connectivity index (χ1v) is 8.88. The zero-order valence-electron chi connectivity index (χ0n) is 12.7. The molecule has 2 atom stereocenters. The number of nitrogens with zero attached hydrogens (tertiary/aromatic N) is 2. The molecule has 0 aromatic heterocycles. The summed E-state index contributed by atoms with van der Waals surface area (Å²) in [6.07, 6.45) is 3.58. The minimum absolute atomic E-state index is 0.0656. The fraction of sp³-hybridized carbons (Fsp3) is 0.923. The summed E-state index contributed by atoms with van der Waals surface area (Å²) < 4.78 is 32.3. The van der Waals surface area contributed by atoms with Crippen LogP contribution in [0.1, 0.15) is 25.7 Å². The van der Waals surface area contributed by atoms with Crippen LogP contribution in [0.15, 0.2) is 0 Å². The Morgan fingerprint density at radius 2 is 2.10 bits per heavy atom. The number of carbonyl (C=O) groups is 1. The van der Waals surface area contributed by atoms with E-state index in [2.05, 4.69) is 5.32 Å². The molecule has 0 bridgehead atoms. The van der Waals surface area contributed by atoms with Crippen LogP contribution in [0.3, 0.4) is 0 Å². The molecule has 2 aliphatic rings. The van der Waals surface area contributed by atoms with Crippen LogP contribution in [0.4, 0.5) is 0 Å². The van der Waals surface area contributed by atoms with Gasteiger partial charge in [0.25, 0.3) is 10.2 Å². The molecule has 2 saturated heterocycles. The molecule has 0 unspecified atom stereocenters. The fourth-order valence-corrected chi connectivity index (χ4v) is 3.95. The number of piperidine rings is 1. The SMILES string of the molecule is CN(C)S(=O)(=O)N1CCC[C@@H](C(=O)NC[C@H]2CCCO2)C1. The van der Waals surface area contributed by atoms with E-state index in [4.69, 9.17) is 4.74 Å². The molecule has 0 aliphatic carbocycles. The molecule has 122 valence electrons. The second-order valence-corrected chi connectivity index (χ2v) is 8.01. The molecule has 21 heavy (non-hydrogen) atoms. The second-order valence-electron chi connectivity index (χ2n) is 5.87. The van der Waals surface area contributed by atoms with Crippen molar-refractivity contribution in [2.45, 2.75) is 31.8 Å². The number of hydrogen-bond acceptors (Lipinski definition) is 4. The summed E-state index contributed by atoms with van der Waals surface area (Å²) in [6, 6.07) is 0. The maximum Gasteiger partial charge on any atom is 0.281 e. The summed E-state index contributed by atoms with van der Waals surface area (Å²) in [5, 5.41) is 2.90. The van der Waals surface area contributed by atoms with Crippen LogP contribution in [-0.4, -0.2) is 69.4 Å². The first kappa shape index (κ1) is 16.7. The van der Waals surface area contributed by atoms with E-state index in [1.807, 2.05) is 0 Å². The van der Waals surface area contributed by atoms with Crippen LogP contribution in [0.25, 0.3) is 0 Å². The molecular formula is C13H25N3O4S. The lowest BCUT2D eigenvalue weighted by atomic mass is 9.99. The standard InChI is InChI=1S/C13H25N3O4S/c1-15(2)21(18,19)16-7-3-5-11(10-16)13(17)14-9-12-6-4-8-20-12/h11-12H,3-10H2,1-2H3,(H,14,17)/t11-,12-/m1/s1. The quantitative estimate of drug-likeness (QED) is 0.761. The van der Waals surface area contributed by atoms with Crippen LogP contribution in [0.2, 0.25) is 0 Å². The molecule has 2 aliphatic heterocycles.